The van der Waals surface area contributed by atoms with E-state index >= 15 is 0 Å². The molecule has 3 aromatic rings. The molecule has 176 valence electrons. The van der Waals surface area contributed by atoms with Gasteiger partial charge in [-0.25, -0.2) is 9.97 Å². The van der Waals surface area contributed by atoms with Gasteiger partial charge < -0.3 is 19.3 Å². The molecule has 2 aliphatic rings. The summed E-state index contributed by atoms with van der Waals surface area (Å²) in [7, 11) is 0. The van der Waals surface area contributed by atoms with E-state index in [1.54, 1.807) is 24.7 Å². The standard InChI is InChI=1S/C26H29N5O3/c1-19-5-2-3-7-23(19)34-25-17-27-16-22(29-25)21-6-4-10-31(18-21)26(32)20-8-9-28-24(15-20)30-11-13-33-14-12-30/h2-3,5,7-9,15-17,21H,4,6,10-14,18H2,1H3/t21-/m0/s1. The third-order valence-corrected chi connectivity index (χ3v) is 6.39. The molecule has 2 saturated heterocycles. The number of amides is 1. The molecule has 1 aromatic carbocycles. The Hall–Kier alpha value is -3.52. The van der Waals surface area contributed by atoms with Crippen LogP contribution in [0.15, 0.2) is 55.0 Å². The first-order valence-electron chi connectivity index (χ1n) is 11.8. The number of carbonyl (C=O) groups excluding carboxylic acids is 1. The average Bonchev–Trinajstić information content (AvgIpc) is 2.90. The summed E-state index contributed by atoms with van der Waals surface area (Å²) < 4.78 is 11.4. The summed E-state index contributed by atoms with van der Waals surface area (Å²) in [5.41, 5.74) is 2.56. The van der Waals surface area contributed by atoms with E-state index in [2.05, 4.69) is 14.9 Å². The molecule has 0 unspecified atom stereocenters. The molecule has 0 saturated carbocycles. The van der Waals surface area contributed by atoms with Gasteiger partial charge in [-0.1, -0.05) is 18.2 Å². The van der Waals surface area contributed by atoms with Gasteiger partial charge in [0.05, 0.1) is 25.1 Å². The van der Waals surface area contributed by atoms with Crippen LogP contribution in [0, 0.1) is 6.92 Å². The number of pyridine rings is 1. The molecule has 0 aliphatic carbocycles. The van der Waals surface area contributed by atoms with Crippen LogP contribution in [0.25, 0.3) is 0 Å². The zero-order chi connectivity index (χ0) is 23.3. The van der Waals surface area contributed by atoms with Crippen LogP contribution >= 0.6 is 0 Å². The second-order valence-electron chi connectivity index (χ2n) is 8.74. The van der Waals surface area contributed by atoms with Crippen LogP contribution in [0.3, 0.4) is 0 Å². The number of nitrogens with zero attached hydrogens (tertiary/aromatic N) is 5. The molecule has 1 amide bonds. The minimum atomic E-state index is 0.0295. The quantitative estimate of drug-likeness (QED) is 0.574. The summed E-state index contributed by atoms with van der Waals surface area (Å²) in [5, 5.41) is 0. The van der Waals surface area contributed by atoms with Crippen molar-refractivity contribution in [3.8, 4) is 11.6 Å². The smallest absolute Gasteiger partial charge is 0.254 e. The summed E-state index contributed by atoms with van der Waals surface area (Å²) in [5.74, 6) is 2.21. The van der Waals surface area contributed by atoms with Gasteiger partial charge in [-0.15, -0.1) is 0 Å². The average molecular weight is 460 g/mol. The van der Waals surface area contributed by atoms with Crippen LogP contribution in [0.5, 0.6) is 11.6 Å². The predicted molar refractivity (Wildman–Crippen MR) is 128 cm³/mol. The summed E-state index contributed by atoms with van der Waals surface area (Å²) in [6, 6.07) is 11.5. The van der Waals surface area contributed by atoms with Crippen molar-refractivity contribution in [2.24, 2.45) is 0 Å². The van der Waals surface area contributed by atoms with Gasteiger partial charge in [-0.2, -0.15) is 0 Å². The third kappa shape index (κ3) is 5.02. The number of para-hydroxylation sites is 1. The largest absolute Gasteiger partial charge is 0.437 e. The Morgan fingerprint density at radius 3 is 2.82 bits per heavy atom. The number of morpholine rings is 1. The van der Waals surface area contributed by atoms with Gasteiger partial charge in [0.15, 0.2) is 0 Å². The Labute approximate surface area is 199 Å². The van der Waals surface area contributed by atoms with E-state index in [-0.39, 0.29) is 11.8 Å². The van der Waals surface area contributed by atoms with Crippen molar-refractivity contribution < 1.29 is 14.3 Å². The molecular formula is C26H29N5O3. The highest BCUT2D eigenvalue weighted by molar-refractivity contribution is 5.95. The van der Waals surface area contributed by atoms with Gasteiger partial charge in [0, 0.05) is 50.1 Å². The van der Waals surface area contributed by atoms with Gasteiger partial charge in [0.2, 0.25) is 5.88 Å². The summed E-state index contributed by atoms with van der Waals surface area (Å²) in [6.45, 7) is 6.28. The second-order valence-corrected chi connectivity index (χ2v) is 8.74. The van der Waals surface area contributed by atoms with Gasteiger partial charge >= 0.3 is 0 Å². The molecular weight excluding hydrogens is 430 g/mol. The predicted octanol–water partition coefficient (Wildman–Crippen LogP) is 3.83. The van der Waals surface area contributed by atoms with Crippen LogP contribution in [-0.2, 0) is 4.74 Å². The SMILES string of the molecule is Cc1ccccc1Oc1cncc([C@H]2CCCN(C(=O)c3ccnc(N4CCOCC4)c3)C2)n1. The molecule has 2 aliphatic heterocycles. The van der Waals surface area contributed by atoms with E-state index in [9.17, 15) is 4.79 Å². The normalized spacial score (nSPS) is 18.6. The topological polar surface area (TPSA) is 80.7 Å². The van der Waals surface area contributed by atoms with E-state index < -0.39 is 0 Å². The Kier molecular flexibility index (Phi) is 6.67. The van der Waals surface area contributed by atoms with Crippen LogP contribution in [0.1, 0.15) is 40.4 Å². The molecule has 34 heavy (non-hydrogen) atoms. The Balaban J connectivity index is 1.29. The fourth-order valence-electron chi connectivity index (χ4n) is 4.49. The van der Waals surface area contributed by atoms with Crippen molar-refractivity contribution in [2.75, 3.05) is 44.3 Å². The van der Waals surface area contributed by atoms with E-state index in [1.165, 1.54) is 0 Å². The van der Waals surface area contributed by atoms with E-state index in [0.717, 1.165) is 55.3 Å². The van der Waals surface area contributed by atoms with Crippen LogP contribution in [0.2, 0.25) is 0 Å². The molecule has 8 nitrogen and oxygen atoms in total. The number of aryl methyl sites for hydroxylation is 1. The van der Waals surface area contributed by atoms with E-state index in [1.807, 2.05) is 42.2 Å². The zero-order valence-corrected chi connectivity index (χ0v) is 19.4. The molecule has 5 rings (SSSR count). The van der Waals surface area contributed by atoms with Gasteiger partial charge in [0.1, 0.15) is 11.6 Å². The van der Waals surface area contributed by atoms with Crippen molar-refractivity contribution in [3.05, 3.63) is 71.8 Å². The van der Waals surface area contributed by atoms with Gasteiger partial charge in [-0.05, 0) is 43.5 Å². The number of rotatable bonds is 5. The lowest BCUT2D eigenvalue weighted by Crippen LogP contribution is -2.40. The first-order chi connectivity index (χ1) is 16.7. The number of piperidine rings is 1. The third-order valence-electron chi connectivity index (χ3n) is 6.39. The number of carbonyl (C=O) groups is 1. The number of hydrogen-bond donors (Lipinski definition) is 0. The number of anilines is 1. The highest BCUT2D eigenvalue weighted by atomic mass is 16.5. The lowest BCUT2D eigenvalue weighted by molar-refractivity contribution is 0.0705. The van der Waals surface area contributed by atoms with Crippen LogP contribution in [0.4, 0.5) is 5.82 Å². The summed E-state index contributed by atoms with van der Waals surface area (Å²) >= 11 is 0. The molecule has 0 spiro atoms. The Morgan fingerprint density at radius 2 is 1.97 bits per heavy atom. The second kappa shape index (κ2) is 10.2. The molecule has 8 heteroatoms. The molecule has 1 atom stereocenters. The first kappa shape index (κ1) is 22.3. The highest BCUT2D eigenvalue weighted by Gasteiger charge is 2.27. The number of hydrogen-bond acceptors (Lipinski definition) is 7. The molecule has 0 bridgehead atoms. The summed E-state index contributed by atoms with van der Waals surface area (Å²) in [4.78, 5) is 31.0. The molecule has 0 radical (unpaired) electrons. The van der Waals surface area contributed by atoms with E-state index in [4.69, 9.17) is 14.5 Å². The number of benzene rings is 1. The highest BCUT2D eigenvalue weighted by Crippen LogP contribution is 2.29. The maximum Gasteiger partial charge on any atom is 0.254 e. The van der Waals surface area contributed by atoms with E-state index in [0.29, 0.717) is 31.2 Å². The molecule has 2 aromatic heterocycles. The first-order valence-corrected chi connectivity index (χ1v) is 11.8. The van der Waals surface area contributed by atoms with Crippen molar-refractivity contribution >= 4 is 11.7 Å². The lowest BCUT2D eigenvalue weighted by Gasteiger charge is -2.33. The van der Waals surface area contributed by atoms with Gasteiger partial charge in [0.25, 0.3) is 5.91 Å². The monoisotopic (exact) mass is 459 g/mol. The van der Waals surface area contributed by atoms with Crippen molar-refractivity contribution in [2.45, 2.75) is 25.7 Å². The number of ether oxygens (including phenoxy) is 2. The minimum absolute atomic E-state index is 0.0295. The minimum Gasteiger partial charge on any atom is -0.437 e. The van der Waals surface area contributed by atoms with Crippen molar-refractivity contribution in [3.63, 3.8) is 0 Å². The van der Waals surface area contributed by atoms with Crippen LogP contribution < -0.4 is 9.64 Å². The molecule has 2 fully saturated rings. The van der Waals surface area contributed by atoms with Crippen LogP contribution in [-0.4, -0.2) is 65.2 Å². The number of likely N-dealkylation sites (tertiary alicyclic amines) is 1. The lowest BCUT2D eigenvalue weighted by atomic mass is 9.94. The fraction of sp³-hybridized carbons (Fsp3) is 0.385. The Bertz CT molecular complexity index is 1150. The maximum atomic E-state index is 13.4. The fourth-order valence-corrected chi connectivity index (χ4v) is 4.49. The molecule has 4 heterocycles. The maximum absolute atomic E-state index is 13.4. The number of aromatic nitrogens is 3. The van der Waals surface area contributed by atoms with Crippen molar-refractivity contribution in [1.82, 2.24) is 19.9 Å². The Morgan fingerprint density at radius 1 is 1.12 bits per heavy atom. The summed E-state index contributed by atoms with van der Waals surface area (Å²) in [6.07, 6.45) is 7.01. The molecule has 0 N–H and O–H groups in total. The van der Waals surface area contributed by atoms with Crippen molar-refractivity contribution in [1.29, 1.82) is 0 Å². The zero-order valence-electron chi connectivity index (χ0n) is 19.4. The van der Waals surface area contributed by atoms with Gasteiger partial charge in [-0.3, -0.25) is 9.78 Å².